The van der Waals surface area contributed by atoms with Crippen LogP contribution in [0.2, 0.25) is 5.02 Å². The molecular weight excluding hydrogens is 216 g/mol. The Morgan fingerprint density at radius 2 is 1.80 bits per heavy atom. The van der Waals surface area contributed by atoms with Crippen molar-refractivity contribution < 1.29 is 14.3 Å². The van der Waals surface area contributed by atoms with E-state index < -0.39 is 11.8 Å². The molecular formula is C11H9ClO3. The van der Waals surface area contributed by atoms with Gasteiger partial charge in [0.25, 0.3) is 0 Å². The molecule has 0 unspecified atom stereocenters. The number of Topliss-reactive ketones (excluding diaryl/α,β-unsaturated/α-hetero) is 1. The first-order chi connectivity index (χ1) is 7.06. The molecule has 1 aromatic rings. The molecule has 0 amide bonds. The van der Waals surface area contributed by atoms with Gasteiger partial charge in [-0.25, -0.2) is 4.79 Å². The van der Waals surface area contributed by atoms with Crippen LogP contribution >= 0.6 is 11.6 Å². The van der Waals surface area contributed by atoms with E-state index in [1.165, 1.54) is 19.2 Å². The molecule has 0 aliphatic heterocycles. The van der Waals surface area contributed by atoms with Gasteiger partial charge in [-0.3, -0.25) is 4.79 Å². The standard InChI is InChI=1S/C11H9ClO3/c1-7(11(14)15-2)10(13)8-3-5-9(12)6-4-8/h3-6H,1H2,2H3. The maximum Gasteiger partial charge on any atom is 0.341 e. The Balaban J connectivity index is 2.90. The second kappa shape index (κ2) is 4.75. The van der Waals surface area contributed by atoms with Crippen molar-refractivity contribution in [2.24, 2.45) is 0 Å². The Labute approximate surface area is 92.3 Å². The Morgan fingerprint density at radius 1 is 1.27 bits per heavy atom. The Kier molecular flexibility index (Phi) is 3.63. The molecule has 0 bridgehead atoms. The predicted octanol–water partition coefficient (Wildman–Crippen LogP) is 2.25. The van der Waals surface area contributed by atoms with E-state index in [2.05, 4.69) is 11.3 Å². The average Bonchev–Trinajstić information content (AvgIpc) is 2.27. The van der Waals surface area contributed by atoms with Gasteiger partial charge in [0.2, 0.25) is 0 Å². The van der Waals surface area contributed by atoms with Crippen molar-refractivity contribution in [3.05, 3.63) is 47.0 Å². The molecule has 0 aromatic heterocycles. The first-order valence-electron chi connectivity index (χ1n) is 4.13. The molecule has 0 spiro atoms. The van der Waals surface area contributed by atoms with E-state index >= 15 is 0 Å². The van der Waals surface area contributed by atoms with Crippen molar-refractivity contribution >= 4 is 23.4 Å². The number of hydrogen-bond acceptors (Lipinski definition) is 3. The van der Waals surface area contributed by atoms with Gasteiger partial charge in [0.15, 0.2) is 5.78 Å². The third-order valence-electron chi connectivity index (χ3n) is 1.81. The molecule has 0 fully saturated rings. The summed E-state index contributed by atoms with van der Waals surface area (Å²) in [7, 11) is 1.20. The monoisotopic (exact) mass is 224 g/mol. The van der Waals surface area contributed by atoms with Gasteiger partial charge in [-0.1, -0.05) is 18.2 Å². The van der Waals surface area contributed by atoms with Gasteiger partial charge in [0.1, 0.15) is 5.57 Å². The summed E-state index contributed by atoms with van der Waals surface area (Å²) in [4.78, 5) is 22.6. The van der Waals surface area contributed by atoms with Crippen LogP contribution in [0.15, 0.2) is 36.4 Å². The third-order valence-corrected chi connectivity index (χ3v) is 2.06. The highest BCUT2D eigenvalue weighted by Crippen LogP contribution is 2.13. The molecule has 3 nitrogen and oxygen atoms in total. The summed E-state index contributed by atoms with van der Waals surface area (Å²) in [6.45, 7) is 3.37. The van der Waals surface area contributed by atoms with E-state index in [0.717, 1.165) is 0 Å². The highest BCUT2D eigenvalue weighted by Gasteiger charge is 2.17. The minimum Gasteiger partial charge on any atom is -0.465 e. The highest BCUT2D eigenvalue weighted by molar-refractivity contribution is 6.31. The molecule has 0 saturated carbocycles. The number of carbonyl (C=O) groups excluding carboxylic acids is 2. The molecule has 0 aliphatic carbocycles. The molecule has 1 rings (SSSR count). The molecule has 0 aliphatic rings. The minimum atomic E-state index is -0.727. The van der Waals surface area contributed by atoms with E-state index in [1.807, 2.05) is 0 Å². The van der Waals surface area contributed by atoms with Crippen LogP contribution in [0.1, 0.15) is 10.4 Å². The van der Waals surface area contributed by atoms with Crippen LogP contribution in [0.5, 0.6) is 0 Å². The largest absolute Gasteiger partial charge is 0.465 e. The quantitative estimate of drug-likeness (QED) is 0.260. The molecule has 0 saturated heterocycles. The second-order valence-corrected chi connectivity index (χ2v) is 3.24. The summed E-state index contributed by atoms with van der Waals surface area (Å²) in [5.41, 5.74) is 0.162. The number of halogens is 1. The number of ketones is 1. The lowest BCUT2D eigenvalue weighted by Gasteiger charge is -2.02. The normalized spacial score (nSPS) is 9.47. The number of benzene rings is 1. The zero-order chi connectivity index (χ0) is 11.4. The Morgan fingerprint density at radius 3 is 2.27 bits per heavy atom. The summed E-state index contributed by atoms with van der Waals surface area (Å²) >= 11 is 5.66. The number of hydrogen-bond donors (Lipinski definition) is 0. The van der Waals surface area contributed by atoms with Crippen molar-refractivity contribution in [2.45, 2.75) is 0 Å². The van der Waals surface area contributed by atoms with Crippen molar-refractivity contribution in [1.29, 1.82) is 0 Å². The zero-order valence-electron chi connectivity index (χ0n) is 8.12. The summed E-state index contributed by atoms with van der Waals surface area (Å²) < 4.78 is 4.39. The smallest absolute Gasteiger partial charge is 0.341 e. The Hall–Kier alpha value is -1.61. The fraction of sp³-hybridized carbons (Fsp3) is 0.0909. The van der Waals surface area contributed by atoms with Crippen molar-refractivity contribution in [2.75, 3.05) is 7.11 Å². The minimum absolute atomic E-state index is 0.195. The molecule has 0 radical (unpaired) electrons. The molecule has 1 aromatic carbocycles. The van der Waals surface area contributed by atoms with Crippen LogP contribution in [0.4, 0.5) is 0 Å². The lowest BCUT2D eigenvalue weighted by atomic mass is 10.1. The van der Waals surface area contributed by atoms with Gasteiger partial charge in [0.05, 0.1) is 7.11 Å². The molecule has 15 heavy (non-hydrogen) atoms. The lowest BCUT2D eigenvalue weighted by molar-refractivity contribution is -0.135. The van der Waals surface area contributed by atoms with Crippen LogP contribution in [0, 0.1) is 0 Å². The van der Waals surface area contributed by atoms with Gasteiger partial charge < -0.3 is 4.74 Å². The van der Waals surface area contributed by atoms with Crippen LogP contribution in [-0.2, 0) is 9.53 Å². The number of methoxy groups -OCH3 is 1. The van der Waals surface area contributed by atoms with Crippen molar-refractivity contribution in [1.82, 2.24) is 0 Å². The maximum absolute atomic E-state index is 11.6. The topological polar surface area (TPSA) is 43.4 Å². The zero-order valence-corrected chi connectivity index (χ0v) is 8.88. The molecule has 0 N–H and O–H groups in total. The van der Waals surface area contributed by atoms with Crippen molar-refractivity contribution in [3.63, 3.8) is 0 Å². The van der Waals surface area contributed by atoms with E-state index in [9.17, 15) is 9.59 Å². The Bertz CT molecular complexity index is 406. The first kappa shape index (κ1) is 11.5. The van der Waals surface area contributed by atoms with Crippen LogP contribution in [0.3, 0.4) is 0 Å². The molecule has 0 atom stereocenters. The van der Waals surface area contributed by atoms with Crippen LogP contribution in [0.25, 0.3) is 0 Å². The van der Waals surface area contributed by atoms with E-state index in [-0.39, 0.29) is 5.57 Å². The predicted molar refractivity (Wildman–Crippen MR) is 56.9 cm³/mol. The summed E-state index contributed by atoms with van der Waals surface area (Å²) in [5.74, 6) is -1.19. The van der Waals surface area contributed by atoms with Gasteiger partial charge in [-0.05, 0) is 24.3 Å². The number of rotatable bonds is 3. The first-order valence-corrected chi connectivity index (χ1v) is 4.51. The molecule has 0 heterocycles. The van der Waals surface area contributed by atoms with E-state index in [1.54, 1.807) is 12.1 Å². The highest BCUT2D eigenvalue weighted by atomic mass is 35.5. The van der Waals surface area contributed by atoms with Crippen LogP contribution in [-0.4, -0.2) is 18.9 Å². The molecule has 78 valence electrons. The molecule has 4 heteroatoms. The second-order valence-electron chi connectivity index (χ2n) is 2.81. The van der Waals surface area contributed by atoms with Crippen LogP contribution < -0.4 is 0 Å². The van der Waals surface area contributed by atoms with Gasteiger partial charge in [-0.2, -0.15) is 0 Å². The van der Waals surface area contributed by atoms with Crippen molar-refractivity contribution in [3.8, 4) is 0 Å². The lowest BCUT2D eigenvalue weighted by Crippen LogP contribution is -2.13. The van der Waals surface area contributed by atoms with E-state index in [0.29, 0.717) is 10.6 Å². The summed E-state index contributed by atoms with van der Waals surface area (Å²) in [5, 5.41) is 0.523. The number of ether oxygens (including phenoxy) is 1. The summed E-state index contributed by atoms with van der Waals surface area (Å²) in [6.07, 6.45) is 0. The van der Waals surface area contributed by atoms with Gasteiger partial charge in [0, 0.05) is 10.6 Å². The van der Waals surface area contributed by atoms with Gasteiger partial charge in [-0.15, -0.1) is 0 Å². The maximum atomic E-state index is 11.6. The fourth-order valence-corrected chi connectivity index (χ4v) is 1.12. The average molecular weight is 225 g/mol. The van der Waals surface area contributed by atoms with Gasteiger partial charge >= 0.3 is 5.97 Å². The number of carbonyl (C=O) groups is 2. The SMILES string of the molecule is C=C(C(=O)OC)C(=O)c1ccc(Cl)cc1. The fourth-order valence-electron chi connectivity index (χ4n) is 0.991. The third kappa shape index (κ3) is 2.67. The van der Waals surface area contributed by atoms with E-state index in [4.69, 9.17) is 11.6 Å². The summed E-state index contributed by atoms with van der Waals surface area (Å²) in [6, 6.07) is 6.19. The number of esters is 1.